The number of halogens is 1. The van der Waals surface area contributed by atoms with Gasteiger partial charge in [-0.25, -0.2) is 13.4 Å². The lowest BCUT2D eigenvalue weighted by Crippen LogP contribution is -2.47. The van der Waals surface area contributed by atoms with Crippen LogP contribution in [0.15, 0.2) is 29.1 Å². The molecule has 1 aliphatic rings. The molecule has 0 fully saturated rings. The normalized spacial score (nSPS) is 17.5. The summed E-state index contributed by atoms with van der Waals surface area (Å²) in [5.74, 6) is -0.523. The predicted octanol–water partition coefficient (Wildman–Crippen LogP) is 2.06. The number of hydrogen-bond donors (Lipinski definition) is 1. The van der Waals surface area contributed by atoms with E-state index in [1.165, 1.54) is 22.8 Å². The summed E-state index contributed by atoms with van der Waals surface area (Å²) in [4.78, 5) is 24.7. The smallest absolute Gasteiger partial charge is 0.409 e. The minimum Gasteiger partial charge on any atom is -0.444 e. The van der Waals surface area contributed by atoms with Crippen LogP contribution in [0.5, 0.6) is 0 Å². The Kier molecular flexibility index (Phi) is 4.96. The lowest BCUT2D eigenvalue weighted by Gasteiger charge is -2.27. The quantitative estimate of drug-likeness (QED) is 0.609. The van der Waals surface area contributed by atoms with E-state index >= 15 is 0 Å². The molecule has 152 valence electrons. The van der Waals surface area contributed by atoms with Crippen molar-refractivity contribution in [2.24, 2.45) is 0 Å². The molecule has 10 heteroatoms. The molecule has 0 unspecified atom stereocenters. The Balaban J connectivity index is 2.05. The Morgan fingerprint density at radius 3 is 2.54 bits per heavy atom. The van der Waals surface area contributed by atoms with Gasteiger partial charge in [-0.2, -0.15) is 8.42 Å². The van der Waals surface area contributed by atoms with Crippen LogP contribution in [0.25, 0.3) is 10.9 Å². The number of carbonyl (C=O) groups excluding carboxylic acids is 1. The standard InChI is InChI=1S/C18H21FN2O6S/c1-18(2,3)26-17(23)20-16(27-28(4,24)25)13-9-11-12(19)7-5-10-6-8-14(22)21(13)15(10)11/h5-8,13,16H,9H2,1-4H3,(H,20,23)/t13-,16-/m1/s1. The summed E-state index contributed by atoms with van der Waals surface area (Å²) in [5, 5.41) is 2.97. The Morgan fingerprint density at radius 1 is 1.29 bits per heavy atom. The van der Waals surface area contributed by atoms with Crippen molar-refractivity contribution in [2.45, 2.75) is 45.1 Å². The van der Waals surface area contributed by atoms with Crippen LogP contribution < -0.4 is 10.9 Å². The highest BCUT2D eigenvalue weighted by Gasteiger charge is 2.37. The van der Waals surface area contributed by atoms with Crippen molar-refractivity contribution >= 4 is 27.1 Å². The average molecular weight is 412 g/mol. The summed E-state index contributed by atoms with van der Waals surface area (Å²) < 4.78 is 49.3. The molecule has 0 bridgehead atoms. The van der Waals surface area contributed by atoms with Gasteiger partial charge in [-0.05, 0) is 44.4 Å². The van der Waals surface area contributed by atoms with Crippen molar-refractivity contribution in [1.82, 2.24) is 9.88 Å². The number of hydrogen-bond acceptors (Lipinski definition) is 6. The number of carbonyl (C=O) groups is 1. The van der Waals surface area contributed by atoms with E-state index in [1.54, 1.807) is 26.8 Å². The average Bonchev–Trinajstić information content (AvgIpc) is 2.92. The van der Waals surface area contributed by atoms with Crippen LogP contribution >= 0.6 is 0 Å². The van der Waals surface area contributed by atoms with Crippen molar-refractivity contribution < 1.29 is 26.5 Å². The van der Waals surface area contributed by atoms with Crippen LogP contribution in [0, 0.1) is 5.82 Å². The van der Waals surface area contributed by atoms with Crippen molar-refractivity contribution in [3.05, 3.63) is 46.0 Å². The minimum absolute atomic E-state index is 0.0294. The summed E-state index contributed by atoms with van der Waals surface area (Å²) in [6.07, 6.45) is -1.58. The zero-order chi connectivity index (χ0) is 20.9. The second kappa shape index (κ2) is 6.85. The van der Waals surface area contributed by atoms with Gasteiger partial charge < -0.3 is 4.74 Å². The molecule has 3 rings (SSSR count). The number of amides is 1. The fourth-order valence-corrected chi connectivity index (χ4v) is 3.82. The Morgan fingerprint density at radius 2 is 1.93 bits per heavy atom. The Bertz CT molecular complexity index is 1100. The molecule has 0 saturated carbocycles. The first-order valence-electron chi connectivity index (χ1n) is 8.56. The molecule has 0 saturated heterocycles. The first-order chi connectivity index (χ1) is 12.9. The summed E-state index contributed by atoms with van der Waals surface area (Å²) in [6.45, 7) is 4.93. The SMILES string of the molecule is CC(C)(C)OC(=O)N[C@H](OS(C)(=O)=O)[C@H]1Cc2c(F)ccc3ccc(=O)n1c23. The second-order valence-electron chi connectivity index (χ2n) is 7.64. The van der Waals surface area contributed by atoms with Gasteiger partial charge in [0.25, 0.3) is 15.7 Å². The van der Waals surface area contributed by atoms with Crippen LogP contribution in [0.3, 0.4) is 0 Å². The molecular weight excluding hydrogens is 391 g/mol. The maximum absolute atomic E-state index is 14.4. The lowest BCUT2D eigenvalue weighted by molar-refractivity contribution is 0.0330. The largest absolute Gasteiger partial charge is 0.444 e. The molecule has 2 atom stereocenters. The molecule has 0 aliphatic carbocycles. The maximum Gasteiger partial charge on any atom is 0.409 e. The van der Waals surface area contributed by atoms with Crippen LogP contribution in [-0.4, -0.2) is 37.2 Å². The molecule has 1 aromatic carbocycles. The third-order valence-electron chi connectivity index (χ3n) is 4.17. The number of pyridine rings is 1. The Hall–Kier alpha value is -2.46. The van der Waals surface area contributed by atoms with Gasteiger partial charge in [0.15, 0.2) is 6.23 Å². The molecular formula is C18H21FN2O6S. The van der Waals surface area contributed by atoms with Crippen molar-refractivity contribution in [2.75, 3.05) is 6.26 Å². The maximum atomic E-state index is 14.4. The number of nitrogens with one attached hydrogen (secondary N) is 1. The van der Waals surface area contributed by atoms with Crippen molar-refractivity contribution in [3.63, 3.8) is 0 Å². The zero-order valence-corrected chi connectivity index (χ0v) is 16.7. The van der Waals surface area contributed by atoms with Gasteiger partial charge in [-0.15, -0.1) is 0 Å². The van der Waals surface area contributed by atoms with E-state index in [2.05, 4.69) is 5.32 Å². The fourth-order valence-electron chi connectivity index (χ4n) is 3.26. The van der Waals surface area contributed by atoms with Crippen LogP contribution in [0.4, 0.5) is 9.18 Å². The van der Waals surface area contributed by atoms with E-state index in [4.69, 9.17) is 8.92 Å². The van der Waals surface area contributed by atoms with Crippen LogP contribution in [-0.2, 0) is 25.5 Å². The van der Waals surface area contributed by atoms with Gasteiger partial charge in [0, 0.05) is 18.1 Å². The minimum atomic E-state index is -4.01. The van der Waals surface area contributed by atoms with Crippen LogP contribution in [0.2, 0.25) is 0 Å². The second-order valence-corrected chi connectivity index (χ2v) is 9.24. The van der Waals surface area contributed by atoms with E-state index in [1.807, 2.05) is 0 Å². The van der Waals surface area contributed by atoms with Gasteiger partial charge >= 0.3 is 6.09 Å². The van der Waals surface area contributed by atoms with Crippen molar-refractivity contribution in [1.29, 1.82) is 0 Å². The summed E-state index contributed by atoms with van der Waals surface area (Å²) >= 11 is 0. The number of alkyl carbamates (subject to hydrolysis) is 1. The lowest BCUT2D eigenvalue weighted by atomic mass is 10.1. The third kappa shape index (κ3) is 4.17. The van der Waals surface area contributed by atoms with E-state index < -0.39 is 45.5 Å². The number of benzene rings is 1. The first kappa shape index (κ1) is 20.3. The highest BCUT2D eigenvalue weighted by Crippen LogP contribution is 2.35. The number of nitrogens with zero attached hydrogens (tertiary/aromatic N) is 1. The van der Waals surface area contributed by atoms with Gasteiger partial charge in [0.2, 0.25) is 0 Å². The Labute approximate surface area is 161 Å². The molecule has 2 heterocycles. The summed E-state index contributed by atoms with van der Waals surface area (Å²) in [7, 11) is -4.01. The predicted molar refractivity (Wildman–Crippen MR) is 100.0 cm³/mol. The number of rotatable bonds is 4. The van der Waals surface area contributed by atoms with Crippen molar-refractivity contribution in [3.8, 4) is 0 Å². The third-order valence-corrected chi connectivity index (χ3v) is 4.73. The zero-order valence-electron chi connectivity index (χ0n) is 15.9. The number of ether oxygens (including phenoxy) is 1. The molecule has 1 aliphatic heterocycles. The van der Waals surface area contributed by atoms with E-state index in [0.29, 0.717) is 10.9 Å². The summed E-state index contributed by atoms with van der Waals surface area (Å²) in [5.41, 5.74) is -0.685. The van der Waals surface area contributed by atoms with E-state index in [0.717, 1.165) is 6.26 Å². The monoisotopic (exact) mass is 412 g/mol. The van der Waals surface area contributed by atoms with E-state index in [9.17, 15) is 22.4 Å². The van der Waals surface area contributed by atoms with Gasteiger partial charge in [0.1, 0.15) is 11.4 Å². The first-order valence-corrected chi connectivity index (χ1v) is 10.4. The molecule has 2 aromatic rings. The van der Waals surface area contributed by atoms with Gasteiger partial charge in [-0.3, -0.25) is 14.7 Å². The molecule has 1 N–H and O–H groups in total. The van der Waals surface area contributed by atoms with E-state index in [-0.39, 0.29) is 12.0 Å². The fraction of sp³-hybridized carbons (Fsp3) is 0.444. The molecule has 0 spiro atoms. The highest BCUT2D eigenvalue weighted by molar-refractivity contribution is 7.86. The molecule has 1 amide bonds. The molecule has 8 nitrogen and oxygen atoms in total. The summed E-state index contributed by atoms with van der Waals surface area (Å²) in [6, 6.07) is 4.70. The van der Waals surface area contributed by atoms with Crippen LogP contribution in [0.1, 0.15) is 32.4 Å². The molecule has 1 aromatic heterocycles. The van der Waals surface area contributed by atoms with Gasteiger partial charge in [0.05, 0.1) is 17.8 Å². The molecule has 28 heavy (non-hydrogen) atoms. The highest BCUT2D eigenvalue weighted by atomic mass is 32.2. The topological polar surface area (TPSA) is 104 Å². The molecule has 0 radical (unpaired) electrons. The van der Waals surface area contributed by atoms with Gasteiger partial charge in [-0.1, -0.05) is 0 Å². The number of aromatic nitrogens is 1.